The molecule has 2 aromatic rings. The van der Waals surface area contributed by atoms with Crippen molar-refractivity contribution in [2.75, 3.05) is 5.32 Å². The van der Waals surface area contributed by atoms with Gasteiger partial charge in [-0.1, -0.05) is 42.0 Å². The molecule has 25 heavy (non-hydrogen) atoms. The number of rotatable bonds is 5. The molecule has 1 aliphatic heterocycles. The third-order valence-corrected chi connectivity index (χ3v) is 4.03. The van der Waals surface area contributed by atoms with Gasteiger partial charge in [-0.25, -0.2) is 4.79 Å². The molecule has 1 aliphatic rings. The van der Waals surface area contributed by atoms with Crippen LogP contribution in [-0.4, -0.2) is 17.8 Å². The fourth-order valence-corrected chi connectivity index (χ4v) is 2.76. The molecule has 3 N–H and O–H groups in total. The Labute approximate surface area is 145 Å². The van der Waals surface area contributed by atoms with Gasteiger partial charge in [0.2, 0.25) is 5.91 Å². The predicted molar refractivity (Wildman–Crippen MR) is 94.0 cm³/mol. The summed E-state index contributed by atoms with van der Waals surface area (Å²) in [5.41, 5.74) is 3.63. The van der Waals surface area contributed by atoms with Crippen LogP contribution in [0.25, 0.3) is 0 Å². The first kappa shape index (κ1) is 16.7. The monoisotopic (exact) mass is 337 g/mol. The summed E-state index contributed by atoms with van der Waals surface area (Å²) >= 11 is 0. The summed E-state index contributed by atoms with van der Waals surface area (Å²) in [6, 6.07) is 13.8. The van der Waals surface area contributed by atoms with E-state index in [-0.39, 0.29) is 11.8 Å². The predicted octanol–water partition coefficient (Wildman–Crippen LogP) is 2.45. The number of hydrogen-bond donors (Lipinski definition) is 3. The third-order valence-electron chi connectivity index (χ3n) is 4.03. The molecular weight excluding hydrogens is 318 g/mol. The van der Waals surface area contributed by atoms with Crippen LogP contribution in [0.2, 0.25) is 0 Å². The van der Waals surface area contributed by atoms with Crippen molar-refractivity contribution in [3.8, 4) is 0 Å². The van der Waals surface area contributed by atoms with Crippen molar-refractivity contribution in [3.05, 3.63) is 65.2 Å². The van der Waals surface area contributed by atoms with Gasteiger partial charge < -0.3 is 10.6 Å². The topological polar surface area (TPSA) is 87.3 Å². The van der Waals surface area contributed by atoms with Gasteiger partial charge in [0.15, 0.2) is 0 Å². The van der Waals surface area contributed by atoms with Gasteiger partial charge in [0.1, 0.15) is 6.04 Å². The van der Waals surface area contributed by atoms with Gasteiger partial charge in [-0.2, -0.15) is 0 Å². The lowest BCUT2D eigenvalue weighted by Gasteiger charge is -2.10. The van der Waals surface area contributed by atoms with Gasteiger partial charge in [0, 0.05) is 12.1 Å². The number of hydrogen-bond acceptors (Lipinski definition) is 3. The molecule has 1 unspecified atom stereocenters. The molecular formula is C19H19N3O3. The molecule has 4 amide bonds. The van der Waals surface area contributed by atoms with Gasteiger partial charge >= 0.3 is 6.03 Å². The Bertz CT molecular complexity index is 815. The van der Waals surface area contributed by atoms with E-state index in [1.165, 1.54) is 5.56 Å². The van der Waals surface area contributed by atoms with Gasteiger partial charge in [-0.15, -0.1) is 0 Å². The van der Waals surface area contributed by atoms with E-state index in [2.05, 4.69) is 22.0 Å². The summed E-state index contributed by atoms with van der Waals surface area (Å²) in [6.45, 7) is 2.03. The maximum absolute atomic E-state index is 12.1. The van der Waals surface area contributed by atoms with Crippen LogP contribution in [0.1, 0.15) is 29.2 Å². The zero-order chi connectivity index (χ0) is 17.8. The highest BCUT2D eigenvalue weighted by molar-refractivity contribution is 6.04. The van der Waals surface area contributed by atoms with Gasteiger partial charge in [-0.05, 0) is 36.6 Å². The highest BCUT2D eigenvalue weighted by atomic mass is 16.2. The highest BCUT2D eigenvalue weighted by Gasteiger charge is 2.30. The molecule has 0 aliphatic carbocycles. The van der Waals surface area contributed by atoms with Crippen molar-refractivity contribution >= 4 is 23.5 Å². The molecule has 2 aromatic carbocycles. The number of urea groups is 1. The second-order valence-electron chi connectivity index (χ2n) is 6.05. The van der Waals surface area contributed by atoms with Crippen molar-refractivity contribution in [3.63, 3.8) is 0 Å². The van der Waals surface area contributed by atoms with Crippen molar-refractivity contribution in [1.29, 1.82) is 0 Å². The SMILES string of the molecule is Cc1cccc(CCC(=O)Nc2ccc(C3NC(=O)NC3=O)cc2)c1. The first-order valence-corrected chi connectivity index (χ1v) is 8.08. The fraction of sp³-hybridized carbons (Fsp3) is 0.211. The summed E-state index contributed by atoms with van der Waals surface area (Å²) in [4.78, 5) is 34.9. The number of aryl methyl sites for hydroxylation is 2. The lowest BCUT2D eigenvalue weighted by atomic mass is 10.1. The number of carbonyl (C=O) groups is 3. The summed E-state index contributed by atoms with van der Waals surface area (Å²) in [7, 11) is 0. The molecule has 0 aromatic heterocycles. The van der Waals surface area contributed by atoms with E-state index in [1.807, 2.05) is 25.1 Å². The Morgan fingerprint density at radius 1 is 1.12 bits per heavy atom. The zero-order valence-electron chi connectivity index (χ0n) is 13.8. The lowest BCUT2D eigenvalue weighted by molar-refractivity contribution is -0.120. The molecule has 0 bridgehead atoms. The van der Waals surface area contributed by atoms with E-state index in [0.29, 0.717) is 24.1 Å². The van der Waals surface area contributed by atoms with Crippen LogP contribution in [0.3, 0.4) is 0 Å². The minimum Gasteiger partial charge on any atom is -0.326 e. The summed E-state index contributed by atoms with van der Waals surface area (Å²) in [5.74, 6) is -0.443. The smallest absolute Gasteiger partial charge is 0.322 e. The van der Waals surface area contributed by atoms with E-state index in [9.17, 15) is 14.4 Å². The third kappa shape index (κ3) is 4.23. The number of imide groups is 1. The Kier molecular flexibility index (Phi) is 4.79. The van der Waals surface area contributed by atoms with E-state index < -0.39 is 12.1 Å². The Balaban J connectivity index is 1.55. The highest BCUT2D eigenvalue weighted by Crippen LogP contribution is 2.19. The normalized spacial score (nSPS) is 16.3. The van der Waals surface area contributed by atoms with Crippen molar-refractivity contribution in [2.45, 2.75) is 25.8 Å². The second kappa shape index (κ2) is 7.17. The lowest BCUT2D eigenvalue weighted by Crippen LogP contribution is -2.22. The summed E-state index contributed by atoms with van der Waals surface area (Å²) < 4.78 is 0. The van der Waals surface area contributed by atoms with Gasteiger partial charge in [0.25, 0.3) is 5.91 Å². The standard InChI is InChI=1S/C19H19N3O3/c1-12-3-2-4-13(11-12)5-10-16(23)20-15-8-6-14(7-9-15)17-18(24)22-19(25)21-17/h2-4,6-9,11,17H,5,10H2,1H3,(H,20,23)(H2,21,22,24,25). The Morgan fingerprint density at radius 2 is 1.88 bits per heavy atom. The largest absolute Gasteiger partial charge is 0.326 e. The van der Waals surface area contributed by atoms with E-state index in [0.717, 1.165) is 5.56 Å². The van der Waals surface area contributed by atoms with Crippen LogP contribution in [0.15, 0.2) is 48.5 Å². The molecule has 0 saturated carbocycles. The minimum absolute atomic E-state index is 0.0684. The van der Waals surface area contributed by atoms with Crippen LogP contribution in [0, 0.1) is 6.92 Å². The summed E-state index contributed by atoms with van der Waals surface area (Å²) in [6.07, 6.45) is 1.08. The first-order valence-electron chi connectivity index (χ1n) is 8.08. The molecule has 128 valence electrons. The zero-order valence-corrected chi connectivity index (χ0v) is 13.8. The number of benzene rings is 2. The molecule has 1 atom stereocenters. The molecule has 1 saturated heterocycles. The maximum Gasteiger partial charge on any atom is 0.322 e. The molecule has 3 rings (SSSR count). The number of amides is 4. The Hall–Kier alpha value is -3.15. The van der Waals surface area contributed by atoms with Crippen molar-refractivity contribution in [2.24, 2.45) is 0 Å². The number of carbonyl (C=O) groups excluding carboxylic acids is 3. The van der Waals surface area contributed by atoms with Crippen LogP contribution >= 0.6 is 0 Å². The Morgan fingerprint density at radius 3 is 2.52 bits per heavy atom. The second-order valence-corrected chi connectivity index (χ2v) is 6.05. The van der Waals surface area contributed by atoms with Crippen LogP contribution in [0.5, 0.6) is 0 Å². The molecule has 0 spiro atoms. The average Bonchev–Trinajstić information content (AvgIpc) is 2.92. The quantitative estimate of drug-likeness (QED) is 0.732. The fourth-order valence-electron chi connectivity index (χ4n) is 2.76. The molecule has 6 nitrogen and oxygen atoms in total. The van der Waals surface area contributed by atoms with E-state index in [4.69, 9.17) is 0 Å². The molecule has 6 heteroatoms. The van der Waals surface area contributed by atoms with Crippen LogP contribution < -0.4 is 16.0 Å². The van der Waals surface area contributed by atoms with Crippen LogP contribution in [-0.2, 0) is 16.0 Å². The van der Waals surface area contributed by atoms with E-state index >= 15 is 0 Å². The summed E-state index contributed by atoms with van der Waals surface area (Å²) in [5, 5.41) is 7.56. The molecule has 1 heterocycles. The minimum atomic E-state index is -0.682. The van der Waals surface area contributed by atoms with E-state index in [1.54, 1.807) is 24.3 Å². The van der Waals surface area contributed by atoms with Gasteiger partial charge in [0.05, 0.1) is 0 Å². The first-order chi connectivity index (χ1) is 12.0. The average molecular weight is 337 g/mol. The maximum atomic E-state index is 12.1. The number of anilines is 1. The molecule has 0 radical (unpaired) electrons. The number of nitrogens with one attached hydrogen (secondary N) is 3. The van der Waals surface area contributed by atoms with Crippen molar-refractivity contribution < 1.29 is 14.4 Å². The van der Waals surface area contributed by atoms with Gasteiger partial charge in [-0.3, -0.25) is 14.9 Å². The molecule has 1 fully saturated rings. The van der Waals surface area contributed by atoms with Crippen LogP contribution in [0.4, 0.5) is 10.5 Å². The van der Waals surface area contributed by atoms with Crippen molar-refractivity contribution in [1.82, 2.24) is 10.6 Å².